The molecule has 0 aliphatic rings. The monoisotopic (exact) mass is 265 g/mol. The predicted molar refractivity (Wildman–Crippen MR) is 57.3 cm³/mol. The van der Waals surface area contributed by atoms with Crippen molar-refractivity contribution in [1.29, 1.82) is 0 Å². The Labute approximate surface area is 81.2 Å². The Balaban J connectivity index is 4.00. The van der Waals surface area contributed by atoms with Crippen molar-refractivity contribution in [2.45, 2.75) is 6.92 Å². The van der Waals surface area contributed by atoms with Gasteiger partial charge in [0.25, 0.3) is 0 Å². The Morgan fingerprint density at radius 3 is 2.73 bits per heavy atom. The summed E-state index contributed by atoms with van der Waals surface area (Å²) >= 11 is 2.26. The lowest BCUT2D eigenvalue weighted by Gasteiger charge is -1.96. The Bertz CT molecular complexity index is 185. The minimum absolute atomic E-state index is 0.578. The summed E-state index contributed by atoms with van der Waals surface area (Å²) in [4.78, 5) is 4.14. The maximum atomic E-state index is 4.82. The van der Waals surface area contributed by atoms with Gasteiger partial charge in [0.2, 0.25) is 0 Å². The highest BCUT2D eigenvalue weighted by Crippen LogP contribution is 2.01. The van der Waals surface area contributed by atoms with Crippen LogP contribution in [0.3, 0.4) is 0 Å². The van der Waals surface area contributed by atoms with Crippen LogP contribution in [0.1, 0.15) is 6.92 Å². The van der Waals surface area contributed by atoms with Gasteiger partial charge < -0.3 is 4.74 Å². The minimum Gasteiger partial charge on any atom is -0.496 e. The molecule has 0 atom stereocenters. The molecule has 62 valence electrons. The molecule has 0 N–H and O–H groups in total. The second-order valence-electron chi connectivity index (χ2n) is 1.84. The van der Waals surface area contributed by atoms with E-state index in [9.17, 15) is 0 Å². The first-order valence-corrected chi connectivity index (χ1v) is 4.75. The van der Waals surface area contributed by atoms with Crippen molar-refractivity contribution in [3.63, 3.8) is 0 Å². The second kappa shape index (κ2) is 6.39. The van der Waals surface area contributed by atoms with E-state index in [1.165, 1.54) is 0 Å². The van der Waals surface area contributed by atoms with Gasteiger partial charge in [-0.3, -0.25) is 4.99 Å². The quantitative estimate of drug-likeness (QED) is 0.331. The van der Waals surface area contributed by atoms with Gasteiger partial charge >= 0.3 is 0 Å². The summed E-state index contributed by atoms with van der Waals surface area (Å²) in [7, 11) is 1.58. The van der Waals surface area contributed by atoms with Gasteiger partial charge in [-0.05, 0) is 6.92 Å². The van der Waals surface area contributed by atoms with E-state index in [1.54, 1.807) is 13.3 Å². The van der Waals surface area contributed by atoms with Crippen LogP contribution in [-0.2, 0) is 4.74 Å². The Morgan fingerprint density at radius 2 is 2.36 bits per heavy atom. The van der Waals surface area contributed by atoms with Crippen molar-refractivity contribution in [2.75, 3.05) is 11.5 Å². The lowest BCUT2D eigenvalue weighted by Crippen LogP contribution is -1.86. The maximum Gasteiger partial charge on any atom is 0.129 e. The normalized spacial score (nSPS) is 12.1. The van der Waals surface area contributed by atoms with Gasteiger partial charge in [-0.2, -0.15) is 0 Å². The molecule has 2 nitrogen and oxygen atoms in total. The number of ether oxygens (including phenoxy) is 1. The number of rotatable bonds is 4. The Kier molecular flexibility index (Phi) is 6.21. The van der Waals surface area contributed by atoms with Gasteiger partial charge in [0.05, 0.1) is 13.3 Å². The van der Waals surface area contributed by atoms with E-state index in [0.717, 1.165) is 10.1 Å². The molecule has 0 fully saturated rings. The fourth-order valence-corrected chi connectivity index (χ4v) is 1.03. The summed E-state index contributed by atoms with van der Waals surface area (Å²) in [6.07, 6.45) is 3.58. The number of allylic oxidation sites excluding steroid dienone is 3. The topological polar surface area (TPSA) is 21.6 Å². The second-order valence-corrected chi connectivity index (χ2v) is 2.61. The first kappa shape index (κ1) is 10.7. The number of methoxy groups -OCH3 is 1. The number of nitrogens with zero attached hydrogens (tertiary/aromatic N) is 1. The summed E-state index contributed by atoms with van der Waals surface area (Å²) < 4.78 is 5.72. The first-order chi connectivity index (χ1) is 5.24. The molecule has 0 aliphatic heterocycles. The van der Waals surface area contributed by atoms with Crippen LogP contribution in [0.25, 0.3) is 0 Å². The zero-order chi connectivity index (χ0) is 8.69. The highest BCUT2D eigenvalue weighted by Gasteiger charge is 1.87. The predicted octanol–water partition coefficient (Wildman–Crippen LogP) is 2.56. The molecule has 11 heavy (non-hydrogen) atoms. The average Bonchev–Trinajstić information content (AvgIpc) is 2.06. The average molecular weight is 265 g/mol. The highest BCUT2D eigenvalue weighted by atomic mass is 127. The SMILES string of the molecule is C=C(/C=N\C(=C/C)CI)OC. The fraction of sp³-hybridized carbons (Fsp3) is 0.375. The van der Waals surface area contributed by atoms with Crippen molar-refractivity contribution in [3.8, 4) is 0 Å². The van der Waals surface area contributed by atoms with Crippen molar-refractivity contribution in [2.24, 2.45) is 4.99 Å². The number of halogens is 1. The highest BCUT2D eigenvalue weighted by molar-refractivity contribution is 14.1. The van der Waals surface area contributed by atoms with Crippen molar-refractivity contribution >= 4 is 28.8 Å². The maximum absolute atomic E-state index is 4.82. The van der Waals surface area contributed by atoms with Gasteiger partial charge in [-0.15, -0.1) is 0 Å². The zero-order valence-corrected chi connectivity index (χ0v) is 8.96. The summed E-state index contributed by atoms with van der Waals surface area (Å²) in [6, 6.07) is 0. The molecule has 0 spiro atoms. The molecule has 0 heterocycles. The molecular weight excluding hydrogens is 253 g/mol. The van der Waals surface area contributed by atoms with Crippen LogP contribution in [0.2, 0.25) is 0 Å². The molecule has 0 aromatic carbocycles. The first-order valence-electron chi connectivity index (χ1n) is 3.22. The van der Waals surface area contributed by atoms with Crippen molar-refractivity contribution in [1.82, 2.24) is 0 Å². The van der Waals surface area contributed by atoms with E-state index in [1.807, 2.05) is 13.0 Å². The van der Waals surface area contributed by atoms with Crippen LogP contribution in [0.5, 0.6) is 0 Å². The Hall–Kier alpha value is -0.320. The standard InChI is InChI=1S/C8H12INO/c1-4-8(5-9)10-6-7(2)11-3/h4,6H,2,5H2,1,3H3/b8-4-,10-6-. The molecule has 0 unspecified atom stereocenters. The van der Waals surface area contributed by atoms with E-state index < -0.39 is 0 Å². The van der Waals surface area contributed by atoms with Gasteiger partial charge in [-0.25, -0.2) is 0 Å². The molecule has 0 radical (unpaired) electrons. The number of alkyl halides is 1. The largest absolute Gasteiger partial charge is 0.496 e. The number of hydrogen-bond donors (Lipinski definition) is 0. The van der Waals surface area contributed by atoms with Crippen LogP contribution in [0, 0.1) is 0 Å². The van der Waals surface area contributed by atoms with E-state index in [-0.39, 0.29) is 0 Å². The molecule has 0 bridgehead atoms. The van der Waals surface area contributed by atoms with Gasteiger partial charge in [0, 0.05) is 10.1 Å². The Morgan fingerprint density at radius 1 is 1.73 bits per heavy atom. The van der Waals surface area contributed by atoms with Crippen LogP contribution in [0.15, 0.2) is 29.1 Å². The minimum atomic E-state index is 0.578. The zero-order valence-electron chi connectivity index (χ0n) is 6.80. The molecule has 0 aromatic rings. The summed E-state index contributed by atoms with van der Waals surface area (Å²) in [5.41, 5.74) is 1.03. The molecule has 0 amide bonds. The molecule has 0 rings (SSSR count). The molecular formula is C8H12INO. The van der Waals surface area contributed by atoms with Crippen LogP contribution >= 0.6 is 22.6 Å². The van der Waals surface area contributed by atoms with Crippen LogP contribution in [0.4, 0.5) is 0 Å². The molecule has 3 heteroatoms. The molecule has 0 saturated carbocycles. The third kappa shape index (κ3) is 5.01. The van der Waals surface area contributed by atoms with Crippen molar-refractivity contribution in [3.05, 3.63) is 24.1 Å². The van der Waals surface area contributed by atoms with E-state index in [2.05, 4.69) is 34.2 Å². The third-order valence-electron chi connectivity index (χ3n) is 1.11. The van der Waals surface area contributed by atoms with Crippen LogP contribution < -0.4 is 0 Å². The van der Waals surface area contributed by atoms with Gasteiger partial charge in [0.1, 0.15) is 5.76 Å². The summed E-state index contributed by atoms with van der Waals surface area (Å²) in [6.45, 7) is 5.57. The van der Waals surface area contributed by atoms with E-state index in [4.69, 9.17) is 4.74 Å². The summed E-state index contributed by atoms with van der Waals surface area (Å²) in [5, 5.41) is 0. The smallest absolute Gasteiger partial charge is 0.129 e. The van der Waals surface area contributed by atoms with E-state index in [0.29, 0.717) is 5.76 Å². The summed E-state index contributed by atoms with van der Waals surface area (Å²) in [5.74, 6) is 0.578. The number of hydrogen-bond acceptors (Lipinski definition) is 2. The molecule has 0 aromatic heterocycles. The molecule has 0 aliphatic carbocycles. The van der Waals surface area contributed by atoms with Crippen molar-refractivity contribution < 1.29 is 4.74 Å². The lowest BCUT2D eigenvalue weighted by atomic mass is 10.5. The third-order valence-corrected chi connectivity index (χ3v) is 1.89. The van der Waals surface area contributed by atoms with Gasteiger partial charge in [0.15, 0.2) is 0 Å². The fourth-order valence-electron chi connectivity index (χ4n) is 0.394. The molecule has 0 saturated heterocycles. The van der Waals surface area contributed by atoms with E-state index >= 15 is 0 Å². The number of aliphatic imine (C=N–C) groups is 1. The lowest BCUT2D eigenvalue weighted by molar-refractivity contribution is 0.319. The van der Waals surface area contributed by atoms with Crippen LogP contribution in [-0.4, -0.2) is 17.8 Å². The van der Waals surface area contributed by atoms with Gasteiger partial charge in [-0.1, -0.05) is 35.2 Å².